The normalized spacial score (nSPS) is 14.3. The molecule has 2 aromatic carbocycles. The van der Waals surface area contributed by atoms with E-state index in [1.165, 1.54) is 13.2 Å². The van der Waals surface area contributed by atoms with Gasteiger partial charge in [0.15, 0.2) is 11.5 Å². The van der Waals surface area contributed by atoms with E-state index >= 15 is 0 Å². The second-order valence-electron chi connectivity index (χ2n) is 7.46. The van der Waals surface area contributed by atoms with E-state index < -0.39 is 0 Å². The minimum atomic E-state index is -0.266. The maximum atomic E-state index is 12.6. The van der Waals surface area contributed by atoms with Crippen LogP contribution in [0.2, 0.25) is 0 Å². The number of nitrogens with zero attached hydrogens (tertiary/aromatic N) is 1. The summed E-state index contributed by atoms with van der Waals surface area (Å²) in [6.07, 6.45) is 4.55. The fourth-order valence-electron chi connectivity index (χ4n) is 3.80. The highest BCUT2D eigenvalue weighted by Gasteiger charge is 2.24. The Morgan fingerprint density at radius 2 is 1.66 bits per heavy atom. The van der Waals surface area contributed by atoms with Crippen LogP contribution in [0.1, 0.15) is 18.4 Å². The molecular weight excluding hydrogens is 410 g/mol. The van der Waals surface area contributed by atoms with Gasteiger partial charge in [-0.3, -0.25) is 9.59 Å². The van der Waals surface area contributed by atoms with Crippen LogP contribution in [-0.2, 0) is 9.59 Å². The van der Waals surface area contributed by atoms with Crippen molar-refractivity contribution in [1.29, 1.82) is 0 Å². The van der Waals surface area contributed by atoms with E-state index in [9.17, 15) is 9.59 Å². The van der Waals surface area contributed by atoms with Crippen LogP contribution in [-0.4, -0.2) is 46.2 Å². The number of rotatable bonds is 8. The first kappa shape index (κ1) is 23.0. The van der Waals surface area contributed by atoms with Crippen molar-refractivity contribution >= 4 is 29.3 Å². The van der Waals surface area contributed by atoms with Crippen molar-refractivity contribution in [2.45, 2.75) is 12.8 Å². The molecule has 0 aromatic heterocycles. The van der Waals surface area contributed by atoms with Crippen molar-refractivity contribution in [2.75, 3.05) is 44.6 Å². The second-order valence-corrected chi connectivity index (χ2v) is 7.46. The number of carbonyl (C=O) groups excluding carboxylic acids is 2. The molecule has 1 aliphatic rings. The molecule has 8 heteroatoms. The average molecular weight is 440 g/mol. The second kappa shape index (κ2) is 10.6. The highest BCUT2D eigenvalue weighted by atomic mass is 16.5. The molecule has 1 heterocycles. The van der Waals surface area contributed by atoms with Crippen LogP contribution in [0, 0.1) is 5.92 Å². The van der Waals surface area contributed by atoms with Crippen molar-refractivity contribution in [1.82, 2.24) is 0 Å². The molecule has 0 saturated carbocycles. The third kappa shape index (κ3) is 5.32. The Morgan fingerprint density at radius 3 is 2.22 bits per heavy atom. The third-order valence-corrected chi connectivity index (χ3v) is 5.51. The van der Waals surface area contributed by atoms with Crippen LogP contribution in [0.15, 0.2) is 42.5 Å². The maximum absolute atomic E-state index is 12.6. The van der Waals surface area contributed by atoms with Crippen molar-refractivity contribution in [2.24, 2.45) is 11.7 Å². The van der Waals surface area contributed by atoms with Gasteiger partial charge in [-0.2, -0.15) is 0 Å². The highest BCUT2D eigenvalue weighted by Crippen LogP contribution is 2.38. The summed E-state index contributed by atoms with van der Waals surface area (Å²) in [5, 5.41) is 2.95. The highest BCUT2D eigenvalue weighted by molar-refractivity contribution is 6.03. The number of nitrogens with one attached hydrogen (secondary N) is 1. The molecule has 3 rings (SSSR count). The molecule has 32 heavy (non-hydrogen) atoms. The summed E-state index contributed by atoms with van der Waals surface area (Å²) >= 11 is 0. The predicted molar refractivity (Wildman–Crippen MR) is 124 cm³/mol. The van der Waals surface area contributed by atoms with Crippen LogP contribution < -0.4 is 30.2 Å². The van der Waals surface area contributed by atoms with E-state index in [-0.39, 0.29) is 17.7 Å². The minimum Gasteiger partial charge on any atom is -0.493 e. The summed E-state index contributed by atoms with van der Waals surface area (Å²) in [7, 11) is 4.62. The van der Waals surface area contributed by atoms with Gasteiger partial charge in [-0.05, 0) is 48.7 Å². The summed E-state index contributed by atoms with van der Waals surface area (Å²) < 4.78 is 16.0. The summed E-state index contributed by atoms with van der Waals surface area (Å²) in [5.74, 6) is 0.912. The van der Waals surface area contributed by atoms with Gasteiger partial charge in [0, 0.05) is 25.1 Å². The fraction of sp³-hybridized carbons (Fsp3) is 0.333. The Morgan fingerprint density at radius 1 is 1.03 bits per heavy atom. The molecule has 0 spiro atoms. The Bertz CT molecular complexity index is 972. The molecule has 0 unspecified atom stereocenters. The number of nitrogens with two attached hydrogens (primary N) is 1. The molecule has 2 amide bonds. The fourth-order valence-corrected chi connectivity index (χ4v) is 3.80. The van der Waals surface area contributed by atoms with Gasteiger partial charge in [-0.1, -0.05) is 12.1 Å². The molecule has 0 bridgehead atoms. The zero-order valence-corrected chi connectivity index (χ0v) is 18.6. The first-order chi connectivity index (χ1) is 15.5. The van der Waals surface area contributed by atoms with E-state index in [1.54, 1.807) is 32.4 Å². The van der Waals surface area contributed by atoms with Gasteiger partial charge in [-0.25, -0.2) is 0 Å². The summed E-state index contributed by atoms with van der Waals surface area (Å²) in [5.41, 5.74) is 7.80. The molecule has 8 nitrogen and oxygen atoms in total. The lowest BCUT2D eigenvalue weighted by Gasteiger charge is -2.33. The minimum absolute atomic E-state index is 0.0885. The molecular formula is C24H29N3O5. The zero-order chi connectivity index (χ0) is 23.1. The Kier molecular flexibility index (Phi) is 7.59. The molecule has 0 radical (unpaired) electrons. The number of ether oxygens (including phenoxy) is 3. The first-order valence-electron chi connectivity index (χ1n) is 10.4. The molecule has 3 N–H and O–H groups in total. The number of amides is 2. The number of carbonyl (C=O) groups is 2. The van der Waals surface area contributed by atoms with Crippen molar-refractivity contribution in [3.8, 4) is 17.2 Å². The lowest BCUT2D eigenvalue weighted by Crippen LogP contribution is -2.38. The number of hydrogen-bond donors (Lipinski definition) is 2. The SMILES string of the molecule is COc1cc(/C=C/C(=O)Nc2ccccc2N2CCC(C(N)=O)CC2)cc(OC)c1OC. The third-order valence-electron chi connectivity index (χ3n) is 5.51. The van der Waals surface area contributed by atoms with Gasteiger partial charge in [0.05, 0.1) is 32.7 Å². The van der Waals surface area contributed by atoms with Gasteiger partial charge in [0.1, 0.15) is 0 Å². The van der Waals surface area contributed by atoms with Crippen molar-refractivity contribution < 1.29 is 23.8 Å². The summed E-state index contributed by atoms with van der Waals surface area (Å²) in [6, 6.07) is 11.2. The van der Waals surface area contributed by atoms with E-state index in [0.717, 1.165) is 11.3 Å². The van der Waals surface area contributed by atoms with E-state index in [0.29, 0.717) is 48.9 Å². The smallest absolute Gasteiger partial charge is 0.248 e. The standard InChI is InChI=1S/C24H29N3O5/c1-30-20-14-16(15-21(31-2)23(20)32-3)8-9-22(28)26-18-6-4-5-7-19(18)27-12-10-17(11-13-27)24(25)29/h4-9,14-15,17H,10-13H2,1-3H3,(H2,25,29)(H,26,28)/b9-8+. The molecule has 0 atom stereocenters. The molecule has 1 aliphatic heterocycles. The molecule has 1 saturated heterocycles. The summed E-state index contributed by atoms with van der Waals surface area (Å²) in [4.78, 5) is 26.2. The molecule has 0 aliphatic carbocycles. The predicted octanol–water partition coefficient (Wildman–Crippen LogP) is 3.07. The van der Waals surface area contributed by atoms with Crippen LogP contribution in [0.4, 0.5) is 11.4 Å². The topological polar surface area (TPSA) is 103 Å². The van der Waals surface area contributed by atoms with Crippen molar-refractivity contribution in [3.05, 3.63) is 48.0 Å². The van der Waals surface area contributed by atoms with Crippen LogP contribution >= 0.6 is 0 Å². The Labute approximate surface area is 187 Å². The lowest BCUT2D eigenvalue weighted by molar-refractivity contribution is -0.122. The van der Waals surface area contributed by atoms with Gasteiger partial charge >= 0.3 is 0 Å². The van der Waals surface area contributed by atoms with Gasteiger partial charge in [-0.15, -0.1) is 0 Å². The average Bonchev–Trinajstić information content (AvgIpc) is 2.82. The molecule has 2 aromatic rings. The van der Waals surface area contributed by atoms with Gasteiger partial charge in [0.25, 0.3) is 0 Å². The Balaban J connectivity index is 1.72. The number of benzene rings is 2. The van der Waals surface area contributed by atoms with Gasteiger partial charge in [0.2, 0.25) is 17.6 Å². The monoisotopic (exact) mass is 439 g/mol. The molecule has 1 fully saturated rings. The number of piperidine rings is 1. The molecule has 170 valence electrons. The number of para-hydroxylation sites is 2. The first-order valence-corrected chi connectivity index (χ1v) is 10.4. The number of anilines is 2. The Hall–Kier alpha value is -3.68. The number of hydrogen-bond acceptors (Lipinski definition) is 6. The summed E-state index contributed by atoms with van der Waals surface area (Å²) in [6.45, 7) is 1.42. The lowest BCUT2D eigenvalue weighted by atomic mass is 9.96. The van der Waals surface area contributed by atoms with Gasteiger partial charge < -0.3 is 30.2 Å². The van der Waals surface area contributed by atoms with Crippen LogP contribution in [0.3, 0.4) is 0 Å². The quantitative estimate of drug-likeness (QED) is 0.613. The van der Waals surface area contributed by atoms with Crippen molar-refractivity contribution in [3.63, 3.8) is 0 Å². The number of methoxy groups -OCH3 is 3. The van der Waals surface area contributed by atoms with Crippen LogP contribution in [0.5, 0.6) is 17.2 Å². The zero-order valence-electron chi connectivity index (χ0n) is 18.6. The van der Waals surface area contributed by atoms with Crippen LogP contribution in [0.25, 0.3) is 6.08 Å². The van der Waals surface area contributed by atoms with E-state index in [2.05, 4.69) is 10.2 Å². The largest absolute Gasteiger partial charge is 0.493 e. The number of primary amides is 1. The van der Waals surface area contributed by atoms with E-state index in [4.69, 9.17) is 19.9 Å². The van der Waals surface area contributed by atoms with E-state index in [1.807, 2.05) is 24.3 Å². The maximum Gasteiger partial charge on any atom is 0.248 e.